The van der Waals surface area contributed by atoms with Crippen LogP contribution >= 0.6 is 11.6 Å². The molecule has 0 amide bonds. The summed E-state index contributed by atoms with van der Waals surface area (Å²) in [5.41, 5.74) is 0. The van der Waals surface area contributed by atoms with Gasteiger partial charge in [-0.15, -0.1) is 11.6 Å². The van der Waals surface area contributed by atoms with Crippen molar-refractivity contribution in [2.45, 2.75) is 23.5 Å². The summed E-state index contributed by atoms with van der Waals surface area (Å²) in [4.78, 5) is 0. The fraction of sp³-hybridized carbons (Fsp3) is 1.00. The molecule has 1 atom stereocenters. The minimum atomic E-state index is -3.08. The molecule has 1 unspecified atom stereocenters. The van der Waals surface area contributed by atoms with E-state index in [2.05, 4.69) is 0 Å². The Kier molecular flexibility index (Phi) is 3.02. The van der Waals surface area contributed by atoms with Crippen LogP contribution in [-0.2, 0) is 14.8 Å². The molecule has 2 fully saturated rings. The summed E-state index contributed by atoms with van der Waals surface area (Å²) in [7, 11) is -3.08. The van der Waals surface area contributed by atoms with Crippen molar-refractivity contribution in [3.63, 3.8) is 0 Å². The van der Waals surface area contributed by atoms with Crippen LogP contribution < -0.4 is 0 Å². The number of halogens is 1. The average Bonchev–Trinajstić information content (AvgIpc) is 2.89. The first-order valence-electron chi connectivity index (χ1n) is 4.81. The molecule has 14 heavy (non-hydrogen) atoms. The smallest absolute Gasteiger partial charge is 0.217 e. The fourth-order valence-electron chi connectivity index (χ4n) is 1.55. The third-order valence-electron chi connectivity index (χ3n) is 2.49. The van der Waals surface area contributed by atoms with Gasteiger partial charge in [-0.3, -0.25) is 0 Å². The van der Waals surface area contributed by atoms with Gasteiger partial charge in [-0.2, -0.15) is 4.31 Å². The normalized spacial score (nSPS) is 31.4. The summed E-state index contributed by atoms with van der Waals surface area (Å²) in [5.74, 6) is 0. The van der Waals surface area contributed by atoms with E-state index in [9.17, 15) is 8.42 Å². The van der Waals surface area contributed by atoms with Crippen LogP contribution in [0.1, 0.15) is 12.8 Å². The zero-order valence-corrected chi connectivity index (χ0v) is 9.43. The first-order chi connectivity index (χ1) is 6.60. The van der Waals surface area contributed by atoms with Crippen LogP contribution in [0.4, 0.5) is 0 Å². The quantitative estimate of drug-likeness (QED) is 0.656. The van der Waals surface area contributed by atoms with E-state index in [-0.39, 0.29) is 10.6 Å². The first kappa shape index (κ1) is 10.7. The fourth-order valence-corrected chi connectivity index (χ4v) is 3.76. The van der Waals surface area contributed by atoms with Crippen LogP contribution in [0.5, 0.6) is 0 Å². The Hall–Kier alpha value is 0.160. The van der Waals surface area contributed by atoms with E-state index >= 15 is 0 Å². The number of hydrogen-bond acceptors (Lipinski definition) is 3. The molecule has 4 nitrogen and oxygen atoms in total. The number of hydrogen-bond donors (Lipinski definition) is 0. The molecular weight excluding hydrogens is 226 g/mol. The highest BCUT2D eigenvalue weighted by Crippen LogP contribution is 2.31. The van der Waals surface area contributed by atoms with E-state index < -0.39 is 10.0 Å². The minimum Gasteiger partial charge on any atom is -0.378 e. The van der Waals surface area contributed by atoms with Crippen molar-refractivity contribution in [2.75, 3.05) is 26.3 Å². The van der Waals surface area contributed by atoms with Crippen LogP contribution in [0.2, 0.25) is 0 Å². The van der Waals surface area contributed by atoms with Crippen LogP contribution in [0.25, 0.3) is 0 Å². The van der Waals surface area contributed by atoms with Crippen molar-refractivity contribution in [1.82, 2.24) is 4.31 Å². The molecule has 2 rings (SSSR count). The molecule has 0 aromatic heterocycles. The van der Waals surface area contributed by atoms with E-state index in [1.54, 1.807) is 0 Å². The Balaban J connectivity index is 2.07. The molecule has 0 aromatic carbocycles. The Morgan fingerprint density at radius 2 is 2.07 bits per heavy atom. The lowest BCUT2D eigenvalue weighted by Crippen LogP contribution is -2.38. The summed E-state index contributed by atoms with van der Waals surface area (Å²) in [6, 6.07) is 0. The van der Waals surface area contributed by atoms with Crippen molar-refractivity contribution in [3.05, 3.63) is 0 Å². The van der Waals surface area contributed by atoms with Crippen molar-refractivity contribution in [1.29, 1.82) is 0 Å². The van der Waals surface area contributed by atoms with Gasteiger partial charge in [0.25, 0.3) is 0 Å². The maximum Gasteiger partial charge on any atom is 0.217 e. The molecule has 0 radical (unpaired) electrons. The van der Waals surface area contributed by atoms with E-state index in [0.717, 1.165) is 12.8 Å². The Bertz CT molecular complexity index is 302. The molecule has 1 saturated heterocycles. The Morgan fingerprint density at radius 3 is 2.71 bits per heavy atom. The summed E-state index contributed by atoms with van der Waals surface area (Å²) in [6.45, 7) is 1.73. The lowest BCUT2D eigenvalue weighted by atomic mass is 10.4. The van der Waals surface area contributed by atoms with Gasteiger partial charge < -0.3 is 4.74 Å². The maximum atomic E-state index is 11.9. The zero-order chi connectivity index (χ0) is 10.2. The number of nitrogens with zero attached hydrogens (tertiary/aromatic N) is 1. The molecule has 1 aliphatic heterocycles. The predicted octanol–water partition coefficient (Wildman–Crippen LogP) is 0.418. The van der Waals surface area contributed by atoms with E-state index in [1.165, 1.54) is 4.31 Å². The highest BCUT2D eigenvalue weighted by Gasteiger charge is 2.40. The highest BCUT2D eigenvalue weighted by molar-refractivity contribution is 7.90. The monoisotopic (exact) mass is 239 g/mol. The molecule has 2 aliphatic rings. The van der Waals surface area contributed by atoms with Gasteiger partial charge in [0.15, 0.2) is 0 Å². The van der Waals surface area contributed by atoms with Crippen LogP contribution in [0, 0.1) is 0 Å². The SMILES string of the molecule is O=S(=O)(C1CC1)N1CCOCC(Cl)C1. The largest absolute Gasteiger partial charge is 0.378 e. The highest BCUT2D eigenvalue weighted by atomic mass is 35.5. The molecular formula is C8H14ClNO3S. The Morgan fingerprint density at radius 1 is 1.36 bits per heavy atom. The van der Waals surface area contributed by atoms with Gasteiger partial charge in [-0.1, -0.05) is 0 Å². The molecule has 0 bridgehead atoms. The summed E-state index contributed by atoms with van der Waals surface area (Å²) in [5, 5.41) is -0.365. The van der Waals surface area contributed by atoms with Gasteiger partial charge in [0.2, 0.25) is 10.0 Å². The Labute approximate surface area is 89.2 Å². The van der Waals surface area contributed by atoms with E-state index in [1.807, 2.05) is 0 Å². The number of rotatable bonds is 2. The van der Waals surface area contributed by atoms with Crippen LogP contribution in [-0.4, -0.2) is 49.7 Å². The second-order valence-electron chi connectivity index (χ2n) is 3.77. The topological polar surface area (TPSA) is 46.6 Å². The first-order valence-corrected chi connectivity index (χ1v) is 6.75. The second-order valence-corrected chi connectivity index (χ2v) is 6.60. The molecule has 0 aromatic rings. The molecule has 6 heteroatoms. The summed E-state index contributed by atoms with van der Waals surface area (Å²) in [6.07, 6.45) is 1.60. The number of ether oxygens (including phenoxy) is 1. The molecule has 1 aliphatic carbocycles. The zero-order valence-electron chi connectivity index (χ0n) is 7.86. The standard InChI is InChI=1S/C8H14ClNO3S/c9-7-5-10(3-4-13-6-7)14(11,12)8-1-2-8/h7-8H,1-6H2. The summed E-state index contributed by atoms with van der Waals surface area (Å²) >= 11 is 5.92. The third kappa shape index (κ3) is 2.21. The molecule has 82 valence electrons. The van der Waals surface area contributed by atoms with Gasteiger partial charge in [0.1, 0.15) is 0 Å². The number of sulfonamides is 1. The number of alkyl halides is 1. The maximum absolute atomic E-state index is 11.9. The molecule has 1 saturated carbocycles. The van der Waals surface area contributed by atoms with Gasteiger partial charge >= 0.3 is 0 Å². The van der Waals surface area contributed by atoms with Gasteiger partial charge in [0, 0.05) is 13.1 Å². The van der Waals surface area contributed by atoms with Crippen LogP contribution in [0.3, 0.4) is 0 Å². The third-order valence-corrected chi connectivity index (χ3v) is 5.12. The average molecular weight is 240 g/mol. The van der Waals surface area contributed by atoms with E-state index in [0.29, 0.717) is 26.3 Å². The van der Waals surface area contributed by atoms with Crippen molar-refractivity contribution in [3.8, 4) is 0 Å². The van der Waals surface area contributed by atoms with Gasteiger partial charge in [-0.25, -0.2) is 8.42 Å². The predicted molar refractivity (Wildman–Crippen MR) is 54.0 cm³/mol. The lowest BCUT2D eigenvalue weighted by molar-refractivity contribution is 0.149. The minimum absolute atomic E-state index is 0.149. The molecule has 0 spiro atoms. The van der Waals surface area contributed by atoms with Crippen molar-refractivity contribution >= 4 is 21.6 Å². The van der Waals surface area contributed by atoms with E-state index in [4.69, 9.17) is 16.3 Å². The van der Waals surface area contributed by atoms with Crippen LogP contribution in [0.15, 0.2) is 0 Å². The lowest BCUT2D eigenvalue weighted by Gasteiger charge is -2.20. The second kappa shape index (κ2) is 3.96. The van der Waals surface area contributed by atoms with Gasteiger partial charge in [0.05, 0.1) is 23.8 Å². The van der Waals surface area contributed by atoms with Crippen molar-refractivity contribution < 1.29 is 13.2 Å². The van der Waals surface area contributed by atoms with Gasteiger partial charge in [-0.05, 0) is 12.8 Å². The molecule has 1 heterocycles. The van der Waals surface area contributed by atoms with Crippen molar-refractivity contribution in [2.24, 2.45) is 0 Å². The summed E-state index contributed by atoms with van der Waals surface area (Å²) < 4.78 is 30.4. The molecule has 0 N–H and O–H groups in total.